The Hall–Kier alpha value is -2.94. The lowest BCUT2D eigenvalue weighted by molar-refractivity contribution is -0.118. The molecule has 1 amide bonds. The standard InChI is InChI=1S/C21H20N2O/c1-2-17(14-13-16-8-4-3-5-9-16)21(24)23-19-12-6-10-18-11-7-15-22-20(18)19/h2-12,15,17H,1,13-14H2,(H,23,24). The molecule has 0 saturated carbocycles. The Morgan fingerprint density at radius 2 is 1.88 bits per heavy atom. The van der Waals surface area contributed by atoms with Crippen molar-refractivity contribution in [2.75, 3.05) is 5.32 Å². The van der Waals surface area contributed by atoms with Crippen molar-refractivity contribution in [3.05, 3.63) is 85.1 Å². The summed E-state index contributed by atoms with van der Waals surface area (Å²) in [5.74, 6) is -0.275. The molecule has 0 aliphatic carbocycles. The fourth-order valence-corrected chi connectivity index (χ4v) is 2.75. The van der Waals surface area contributed by atoms with Gasteiger partial charge in [0.2, 0.25) is 5.91 Å². The summed E-state index contributed by atoms with van der Waals surface area (Å²) < 4.78 is 0. The number of amides is 1. The minimum Gasteiger partial charge on any atom is -0.324 e. The number of para-hydroxylation sites is 1. The van der Waals surface area contributed by atoms with Crippen molar-refractivity contribution in [2.45, 2.75) is 12.8 Å². The molecule has 0 fully saturated rings. The fourth-order valence-electron chi connectivity index (χ4n) is 2.75. The maximum absolute atomic E-state index is 12.6. The van der Waals surface area contributed by atoms with E-state index in [2.05, 4.69) is 29.0 Å². The molecule has 24 heavy (non-hydrogen) atoms. The number of hydrogen-bond donors (Lipinski definition) is 1. The number of aromatic nitrogens is 1. The predicted molar refractivity (Wildman–Crippen MR) is 98.8 cm³/mol. The van der Waals surface area contributed by atoms with E-state index in [9.17, 15) is 4.79 Å². The first-order chi connectivity index (χ1) is 11.8. The number of nitrogens with one attached hydrogen (secondary N) is 1. The second-order valence-corrected chi connectivity index (χ2v) is 5.74. The van der Waals surface area contributed by atoms with E-state index >= 15 is 0 Å². The maximum atomic E-state index is 12.6. The Kier molecular flexibility index (Phi) is 5.02. The van der Waals surface area contributed by atoms with E-state index in [0.717, 1.165) is 29.4 Å². The van der Waals surface area contributed by atoms with Crippen LogP contribution in [-0.2, 0) is 11.2 Å². The summed E-state index contributed by atoms with van der Waals surface area (Å²) >= 11 is 0. The molecular weight excluding hydrogens is 296 g/mol. The summed E-state index contributed by atoms with van der Waals surface area (Å²) in [6.07, 6.45) is 5.03. The van der Waals surface area contributed by atoms with Gasteiger partial charge in [-0.1, -0.05) is 54.6 Å². The second-order valence-electron chi connectivity index (χ2n) is 5.74. The van der Waals surface area contributed by atoms with E-state index in [0.29, 0.717) is 0 Å². The molecule has 0 aliphatic rings. The minimum absolute atomic E-state index is 0.0425. The zero-order valence-electron chi connectivity index (χ0n) is 13.5. The summed E-state index contributed by atoms with van der Waals surface area (Å²) in [6, 6.07) is 19.8. The Balaban J connectivity index is 1.71. The van der Waals surface area contributed by atoms with Gasteiger partial charge in [-0.3, -0.25) is 9.78 Å². The molecule has 1 atom stereocenters. The maximum Gasteiger partial charge on any atom is 0.231 e. The highest BCUT2D eigenvalue weighted by Gasteiger charge is 2.16. The van der Waals surface area contributed by atoms with Gasteiger partial charge in [0.15, 0.2) is 0 Å². The Labute approximate surface area is 142 Å². The Bertz CT molecular complexity index is 837. The third-order valence-electron chi connectivity index (χ3n) is 4.10. The van der Waals surface area contributed by atoms with Gasteiger partial charge in [-0.2, -0.15) is 0 Å². The average Bonchev–Trinajstić information content (AvgIpc) is 2.63. The molecule has 3 heteroatoms. The molecule has 3 nitrogen and oxygen atoms in total. The van der Waals surface area contributed by atoms with E-state index in [4.69, 9.17) is 0 Å². The van der Waals surface area contributed by atoms with Crippen LogP contribution in [-0.4, -0.2) is 10.9 Å². The fraction of sp³-hybridized carbons (Fsp3) is 0.143. The number of fused-ring (bicyclic) bond motifs is 1. The quantitative estimate of drug-likeness (QED) is 0.675. The highest BCUT2D eigenvalue weighted by Crippen LogP contribution is 2.22. The number of carbonyl (C=O) groups is 1. The van der Waals surface area contributed by atoms with Gasteiger partial charge < -0.3 is 5.32 Å². The molecular formula is C21H20N2O. The van der Waals surface area contributed by atoms with Gasteiger partial charge in [0.25, 0.3) is 0 Å². The minimum atomic E-state index is -0.232. The monoisotopic (exact) mass is 316 g/mol. The van der Waals surface area contributed by atoms with Crippen LogP contribution < -0.4 is 5.32 Å². The number of anilines is 1. The summed E-state index contributed by atoms with van der Waals surface area (Å²) in [4.78, 5) is 17.0. The number of pyridine rings is 1. The molecule has 0 aliphatic heterocycles. The number of carbonyl (C=O) groups excluding carboxylic acids is 1. The van der Waals surface area contributed by atoms with Gasteiger partial charge in [0.1, 0.15) is 0 Å². The van der Waals surface area contributed by atoms with E-state index < -0.39 is 0 Å². The smallest absolute Gasteiger partial charge is 0.231 e. The SMILES string of the molecule is C=CC(CCc1ccccc1)C(=O)Nc1cccc2cccnc12. The van der Waals surface area contributed by atoms with Gasteiger partial charge in [-0.15, -0.1) is 6.58 Å². The lowest BCUT2D eigenvalue weighted by Crippen LogP contribution is -2.22. The zero-order chi connectivity index (χ0) is 16.8. The topological polar surface area (TPSA) is 42.0 Å². The van der Waals surface area contributed by atoms with E-state index in [1.165, 1.54) is 5.56 Å². The second kappa shape index (κ2) is 7.55. The van der Waals surface area contributed by atoms with Crippen LogP contribution in [0.15, 0.2) is 79.5 Å². The van der Waals surface area contributed by atoms with Crippen molar-refractivity contribution in [1.82, 2.24) is 4.98 Å². The highest BCUT2D eigenvalue weighted by molar-refractivity contribution is 6.01. The molecule has 1 unspecified atom stereocenters. The summed E-state index contributed by atoms with van der Waals surface area (Å²) in [6.45, 7) is 3.82. The van der Waals surface area contributed by atoms with Crippen molar-refractivity contribution in [2.24, 2.45) is 5.92 Å². The average molecular weight is 316 g/mol. The highest BCUT2D eigenvalue weighted by atomic mass is 16.1. The van der Waals surface area contributed by atoms with Crippen LogP contribution in [0.3, 0.4) is 0 Å². The molecule has 1 N–H and O–H groups in total. The van der Waals surface area contributed by atoms with Crippen molar-refractivity contribution >= 4 is 22.5 Å². The number of hydrogen-bond acceptors (Lipinski definition) is 2. The van der Waals surface area contributed by atoms with E-state index in [1.54, 1.807) is 12.3 Å². The van der Waals surface area contributed by atoms with Gasteiger partial charge in [0.05, 0.1) is 17.1 Å². The Morgan fingerprint density at radius 1 is 1.08 bits per heavy atom. The first-order valence-electron chi connectivity index (χ1n) is 8.09. The first kappa shape index (κ1) is 15.9. The lowest BCUT2D eigenvalue weighted by atomic mass is 9.98. The zero-order valence-corrected chi connectivity index (χ0v) is 13.5. The van der Waals surface area contributed by atoms with Crippen LogP contribution in [0.5, 0.6) is 0 Å². The van der Waals surface area contributed by atoms with Gasteiger partial charge >= 0.3 is 0 Å². The van der Waals surface area contributed by atoms with Crippen molar-refractivity contribution in [3.8, 4) is 0 Å². The molecule has 3 rings (SSSR count). The van der Waals surface area contributed by atoms with Crippen LogP contribution in [0, 0.1) is 5.92 Å². The van der Waals surface area contributed by atoms with Crippen LogP contribution >= 0.6 is 0 Å². The predicted octanol–water partition coefficient (Wildman–Crippen LogP) is 4.61. The molecule has 2 aromatic carbocycles. The normalized spacial score (nSPS) is 11.8. The molecule has 0 radical (unpaired) electrons. The van der Waals surface area contributed by atoms with Gasteiger partial charge in [0, 0.05) is 11.6 Å². The third kappa shape index (κ3) is 3.69. The van der Waals surface area contributed by atoms with Gasteiger partial charge in [-0.25, -0.2) is 0 Å². The molecule has 1 heterocycles. The summed E-state index contributed by atoms with van der Waals surface area (Å²) in [5, 5.41) is 4.01. The summed E-state index contributed by atoms with van der Waals surface area (Å²) in [5.41, 5.74) is 2.77. The number of nitrogens with zero attached hydrogens (tertiary/aromatic N) is 1. The molecule has 120 valence electrons. The molecule has 1 aromatic heterocycles. The van der Waals surface area contributed by atoms with E-state index in [1.807, 2.05) is 48.5 Å². The number of benzene rings is 2. The molecule has 0 bridgehead atoms. The van der Waals surface area contributed by atoms with Crippen LogP contribution in [0.1, 0.15) is 12.0 Å². The first-order valence-corrected chi connectivity index (χ1v) is 8.09. The number of aryl methyl sites for hydroxylation is 1. The molecule has 0 spiro atoms. The van der Waals surface area contributed by atoms with Crippen LogP contribution in [0.4, 0.5) is 5.69 Å². The van der Waals surface area contributed by atoms with Crippen LogP contribution in [0.2, 0.25) is 0 Å². The third-order valence-corrected chi connectivity index (χ3v) is 4.10. The largest absolute Gasteiger partial charge is 0.324 e. The molecule has 0 saturated heterocycles. The molecule has 3 aromatic rings. The van der Waals surface area contributed by atoms with E-state index in [-0.39, 0.29) is 11.8 Å². The van der Waals surface area contributed by atoms with Crippen molar-refractivity contribution < 1.29 is 4.79 Å². The summed E-state index contributed by atoms with van der Waals surface area (Å²) in [7, 11) is 0. The Morgan fingerprint density at radius 3 is 2.67 bits per heavy atom. The number of rotatable bonds is 6. The van der Waals surface area contributed by atoms with Crippen molar-refractivity contribution in [3.63, 3.8) is 0 Å². The van der Waals surface area contributed by atoms with Crippen molar-refractivity contribution in [1.29, 1.82) is 0 Å². The van der Waals surface area contributed by atoms with Gasteiger partial charge in [-0.05, 0) is 30.5 Å². The lowest BCUT2D eigenvalue weighted by Gasteiger charge is -2.14. The van der Waals surface area contributed by atoms with Crippen LogP contribution in [0.25, 0.3) is 10.9 Å².